The van der Waals surface area contributed by atoms with Gasteiger partial charge in [-0.05, 0) is 39.8 Å². The summed E-state index contributed by atoms with van der Waals surface area (Å²) >= 11 is 0. The van der Waals surface area contributed by atoms with Gasteiger partial charge in [0, 0.05) is 25.8 Å². The normalized spacial score (nSPS) is 20.6. The molecular formula is C18H32N4O. The van der Waals surface area contributed by atoms with Gasteiger partial charge in [-0.2, -0.15) is 0 Å². The van der Waals surface area contributed by atoms with Gasteiger partial charge in [0.2, 0.25) is 6.41 Å². The number of carbonyl (C=O) groups excluding carboxylic acids is 1. The molecule has 2 N–H and O–H groups in total. The van der Waals surface area contributed by atoms with E-state index in [9.17, 15) is 4.79 Å². The van der Waals surface area contributed by atoms with Crippen molar-refractivity contribution in [3.8, 4) is 0 Å². The average Bonchev–Trinajstić information content (AvgIpc) is 3.10. The van der Waals surface area contributed by atoms with E-state index in [0.29, 0.717) is 12.1 Å². The van der Waals surface area contributed by atoms with Crippen molar-refractivity contribution in [3.63, 3.8) is 0 Å². The summed E-state index contributed by atoms with van der Waals surface area (Å²) in [7, 11) is 1.81. The summed E-state index contributed by atoms with van der Waals surface area (Å²) in [6.07, 6.45) is 14.0. The molecule has 0 aromatic carbocycles. The van der Waals surface area contributed by atoms with Crippen LogP contribution in [-0.2, 0) is 4.79 Å². The number of nitrogens with zero attached hydrogens (tertiary/aromatic N) is 2. The van der Waals surface area contributed by atoms with Crippen LogP contribution in [0.25, 0.3) is 0 Å². The van der Waals surface area contributed by atoms with E-state index in [4.69, 9.17) is 0 Å². The highest BCUT2D eigenvalue weighted by molar-refractivity contribution is 5.46. The van der Waals surface area contributed by atoms with Gasteiger partial charge in [0.1, 0.15) is 0 Å². The minimum absolute atomic E-state index is 0.339. The molecule has 2 aliphatic rings. The van der Waals surface area contributed by atoms with Crippen LogP contribution in [-0.4, -0.2) is 55.1 Å². The summed E-state index contributed by atoms with van der Waals surface area (Å²) in [6.45, 7) is 9.21. The lowest BCUT2D eigenvalue weighted by Crippen LogP contribution is -2.37. The molecule has 2 rings (SSSR count). The van der Waals surface area contributed by atoms with Crippen LogP contribution >= 0.6 is 0 Å². The van der Waals surface area contributed by atoms with Crippen LogP contribution in [0, 0.1) is 0 Å². The molecule has 5 nitrogen and oxygen atoms in total. The molecule has 0 fully saturated rings. The van der Waals surface area contributed by atoms with Crippen molar-refractivity contribution in [3.05, 3.63) is 36.1 Å². The third kappa shape index (κ3) is 7.48. The lowest BCUT2D eigenvalue weighted by atomic mass is 10.0. The smallest absolute Gasteiger partial charge is 0.209 e. The highest BCUT2D eigenvalue weighted by Gasteiger charge is 2.14. The van der Waals surface area contributed by atoms with E-state index in [1.807, 2.05) is 14.0 Å². The molecule has 1 aliphatic heterocycles. The first kappa shape index (κ1) is 19.5. The van der Waals surface area contributed by atoms with Gasteiger partial charge in [-0.1, -0.05) is 36.8 Å². The standard InChI is InChI=1S/C10H14N2.C8H18N2O/c1-9-3-5-10(6-4-9)12-8-2-7-11-12;1-4-9-6-5-8(2)10(3)7-11/h2-5,8,10-11H,6-7H2,1H3;7-9H,4-6H2,1-3H3. The van der Waals surface area contributed by atoms with Crippen LogP contribution in [0.15, 0.2) is 36.1 Å². The zero-order chi connectivity index (χ0) is 17.1. The maximum Gasteiger partial charge on any atom is 0.209 e. The number of hydrogen-bond acceptors (Lipinski definition) is 4. The Morgan fingerprint density at radius 3 is 2.87 bits per heavy atom. The van der Waals surface area contributed by atoms with E-state index in [1.54, 1.807) is 4.90 Å². The predicted molar refractivity (Wildman–Crippen MR) is 96.7 cm³/mol. The van der Waals surface area contributed by atoms with Gasteiger partial charge >= 0.3 is 0 Å². The van der Waals surface area contributed by atoms with Gasteiger partial charge in [-0.25, -0.2) is 5.43 Å². The molecule has 1 aliphatic carbocycles. The summed E-state index contributed by atoms with van der Waals surface area (Å²) in [5.74, 6) is 0. The average molecular weight is 320 g/mol. The molecule has 23 heavy (non-hydrogen) atoms. The molecule has 5 heteroatoms. The third-order valence-electron chi connectivity index (χ3n) is 4.13. The number of hydrazine groups is 1. The Hall–Kier alpha value is -1.59. The first-order chi connectivity index (χ1) is 11.1. The van der Waals surface area contributed by atoms with Gasteiger partial charge in [0.25, 0.3) is 0 Å². The van der Waals surface area contributed by atoms with Crippen molar-refractivity contribution < 1.29 is 4.79 Å². The Labute approximate surface area is 141 Å². The first-order valence-electron chi connectivity index (χ1n) is 8.49. The Morgan fingerprint density at radius 2 is 2.35 bits per heavy atom. The predicted octanol–water partition coefficient (Wildman–Crippen LogP) is 2.06. The number of nitrogens with one attached hydrogen (secondary N) is 2. The van der Waals surface area contributed by atoms with Gasteiger partial charge < -0.3 is 15.2 Å². The fourth-order valence-electron chi connectivity index (χ4n) is 2.32. The summed E-state index contributed by atoms with van der Waals surface area (Å²) in [4.78, 5) is 12.0. The zero-order valence-corrected chi connectivity index (χ0v) is 15.0. The van der Waals surface area contributed by atoms with Crippen molar-refractivity contribution in [2.24, 2.45) is 0 Å². The summed E-state index contributed by atoms with van der Waals surface area (Å²) in [5, 5.41) is 5.38. The SMILES string of the molecule is CC1=CCC(N2C=CCN2)C=C1.CCNCCC(C)N(C)C=O. The van der Waals surface area contributed by atoms with Crippen molar-refractivity contribution in [1.29, 1.82) is 0 Å². The molecule has 0 bridgehead atoms. The molecule has 130 valence electrons. The molecule has 0 saturated heterocycles. The van der Waals surface area contributed by atoms with E-state index >= 15 is 0 Å². The van der Waals surface area contributed by atoms with Crippen LogP contribution in [0.1, 0.15) is 33.6 Å². The first-order valence-corrected chi connectivity index (χ1v) is 8.49. The fraction of sp³-hybridized carbons (Fsp3) is 0.611. The minimum atomic E-state index is 0.339. The largest absolute Gasteiger partial charge is 0.346 e. The summed E-state index contributed by atoms with van der Waals surface area (Å²) in [6, 6.07) is 0.846. The Bertz CT molecular complexity index is 431. The van der Waals surface area contributed by atoms with E-state index in [1.165, 1.54) is 5.57 Å². The molecule has 0 aromatic heterocycles. The maximum absolute atomic E-state index is 10.3. The summed E-state index contributed by atoms with van der Waals surface area (Å²) in [5.41, 5.74) is 4.65. The zero-order valence-electron chi connectivity index (χ0n) is 15.0. The van der Waals surface area contributed by atoms with Crippen molar-refractivity contribution in [2.75, 3.05) is 26.7 Å². The van der Waals surface area contributed by atoms with Crippen LogP contribution < -0.4 is 10.7 Å². The number of amides is 1. The number of carbonyl (C=O) groups is 1. The Morgan fingerprint density at radius 1 is 1.57 bits per heavy atom. The Kier molecular flexibility index (Phi) is 9.33. The highest BCUT2D eigenvalue weighted by atomic mass is 16.1. The molecule has 0 radical (unpaired) electrons. The molecule has 1 heterocycles. The van der Waals surface area contributed by atoms with Gasteiger partial charge in [0.15, 0.2) is 0 Å². The van der Waals surface area contributed by atoms with E-state index < -0.39 is 0 Å². The summed E-state index contributed by atoms with van der Waals surface area (Å²) < 4.78 is 0. The van der Waals surface area contributed by atoms with Crippen molar-refractivity contribution in [2.45, 2.75) is 45.7 Å². The van der Waals surface area contributed by atoms with Crippen LogP contribution in [0.5, 0.6) is 0 Å². The number of hydrogen-bond donors (Lipinski definition) is 2. The molecule has 0 aromatic rings. The van der Waals surface area contributed by atoms with Crippen molar-refractivity contribution >= 4 is 6.41 Å². The second-order valence-corrected chi connectivity index (χ2v) is 6.03. The molecular weight excluding hydrogens is 288 g/mol. The van der Waals surface area contributed by atoms with E-state index in [-0.39, 0.29) is 0 Å². The van der Waals surface area contributed by atoms with Gasteiger partial charge in [-0.3, -0.25) is 4.79 Å². The van der Waals surface area contributed by atoms with Crippen LogP contribution in [0.3, 0.4) is 0 Å². The monoisotopic (exact) mass is 320 g/mol. The lowest BCUT2D eigenvalue weighted by molar-refractivity contribution is -0.118. The van der Waals surface area contributed by atoms with Crippen LogP contribution in [0.2, 0.25) is 0 Å². The molecule has 2 unspecified atom stereocenters. The van der Waals surface area contributed by atoms with E-state index in [0.717, 1.165) is 38.9 Å². The fourth-order valence-corrected chi connectivity index (χ4v) is 2.32. The molecule has 1 amide bonds. The quantitative estimate of drug-likeness (QED) is 0.557. The topological polar surface area (TPSA) is 47.6 Å². The van der Waals surface area contributed by atoms with Crippen LogP contribution in [0.4, 0.5) is 0 Å². The van der Waals surface area contributed by atoms with Gasteiger partial charge in [0.05, 0.1) is 6.04 Å². The second-order valence-electron chi connectivity index (χ2n) is 6.03. The van der Waals surface area contributed by atoms with Crippen molar-refractivity contribution in [1.82, 2.24) is 20.7 Å². The van der Waals surface area contributed by atoms with Gasteiger partial charge in [-0.15, -0.1) is 0 Å². The minimum Gasteiger partial charge on any atom is -0.346 e. The molecule has 0 spiro atoms. The maximum atomic E-state index is 10.3. The second kappa shape index (κ2) is 11.0. The lowest BCUT2D eigenvalue weighted by Gasteiger charge is -2.26. The number of rotatable bonds is 7. The number of allylic oxidation sites excluding steroid dienone is 2. The Balaban J connectivity index is 0.000000232. The highest BCUT2D eigenvalue weighted by Crippen LogP contribution is 2.15. The van der Waals surface area contributed by atoms with E-state index in [2.05, 4.69) is 60.1 Å². The molecule has 0 saturated carbocycles. The third-order valence-corrected chi connectivity index (χ3v) is 4.13. The molecule has 2 atom stereocenters.